The normalized spacial score (nSPS) is 10.0. The number of hydrogen-bond acceptors (Lipinski definition) is 9. The molecule has 0 saturated carbocycles. The highest BCUT2D eigenvalue weighted by Gasteiger charge is 2.25. The number of nitriles is 1. The van der Waals surface area contributed by atoms with E-state index in [1.165, 1.54) is 26.4 Å². The standard InChI is InChI=1S/C13H14BN5O4/c1-22-8-3-6(4-9(23-2)10(8)14(20)21)11-7(5-15)12(16)19-13(17)18-11/h3-4,20-21H,1-2H3,(H4,16,17,18,19). The van der Waals surface area contributed by atoms with Crippen LogP contribution < -0.4 is 26.4 Å². The molecule has 6 N–H and O–H groups in total. The maximum absolute atomic E-state index is 9.48. The quantitative estimate of drug-likeness (QED) is 0.512. The van der Waals surface area contributed by atoms with E-state index in [0.29, 0.717) is 5.56 Å². The van der Waals surface area contributed by atoms with E-state index in [1.54, 1.807) is 0 Å². The highest BCUT2D eigenvalue weighted by Crippen LogP contribution is 2.31. The first kappa shape index (κ1) is 16.3. The minimum Gasteiger partial charge on any atom is -0.497 e. The summed E-state index contributed by atoms with van der Waals surface area (Å²) in [5.41, 5.74) is 12.0. The fourth-order valence-corrected chi connectivity index (χ4v) is 2.15. The first-order valence-corrected chi connectivity index (χ1v) is 6.38. The van der Waals surface area contributed by atoms with Crippen LogP contribution in [-0.2, 0) is 0 Å². The molecule has 0 bridgehead atoms. The Hall–Kier alpha value is -3.03. The van der Waals surface area contributed by atoms with Crippen molar-refractivity contribution in [3.05, 3.63) is 17.7 Å². The van der Waals surface area contributed by atoms with Crippen LogP contribution in [0, 0.1) is 11.3 Å². The molecule has 0 saturated heterocycles. The van der Waals surface area contributed by atoms with Crippen molar-refractivity contribution in [2.45, 2.75) is 0 Å². The molecule has 1 aromatic carbocycles. The van der Waals surface area contributed by atoms with E-state index < -0.39 is 7.12 Å². The summed E-state index contributed by atoms with van der Waals surface area (Å²) in [6, 6.07) is 4.86. The molecule has 2 aromatic rings. The van der Waals surface area contributed by atoms with Crippen molar-refractivity contribution < 1.29 is 19.5 Å². The zero-order chi connectivity index (χ0) is 17.1. The molecule has 9 nitrogen and oxygen atoms in total. The van der Waals surface area contributed by atoms with Crippen LogP contribution in [0.2, 0.25) is 0 Å². The van der Waals surface area contributed by atoms with Gasteiger partial charge in [0.2, 0.25) is 5.95 Å². The molecule has 0 aliphatic heterocycles. The number of nitrogen functional groups attached to an aromatic ring is 2. The van der Waals surface area contributed by atoms with Crippen LogP contribution in [0.15, 0.2) is 12.1 Å². The zero-order valence-electron chi connectivity index (χ0n) is 12.4. The van der Waals surface area contributed by atoms with Gasteiger partial charge in [-0.15, -0.1) is 0 Å². The van der Waals surface area contributed by atoms with Crippen LogP contribution in [-0.4, -0.2) is 41.4 Å². The lowest BCUT2D eigenvalue weighted by molar-refractivity contribution is 0.385. The largest absolute Gasteiger partial charge is 0.497 e. The maximum atomic E-state index is 9.48. The predicted octanol–water partition coefficient (Wildman–Crippen LogP) is -1.12. The number of methoxy groups -OCH3 is 2. The van der Waals surface area contributed by atoms with Gasteiger partial charge in [0.25, 0.3) is 0 Å². The van der Waals surface area contributed by atoms with Crippen molar-refractivity contribution in [3.63, 3.8) is 0 Å². The predicted molar refractivity (Wildman–Crippen MR) is 83.9 cm³/mol. The fraction of sp³-hybridized carbons (Fsp3) is 0.154. The second-order valence-electron chi connectivity index (χ2n) is 4.47. The summed E-state index contributed by atoms with van der Waals surface area (Å²) in [7, 11) is 0.918. The fourth-order valence-electron chi connectivity index (χ4n) is 2.15. The van der Waals surface area contributed by atoms with Gasteiger partial charge in [0.05, 0.1) is 25.4 Å². The third-order valence-electron chi connectivity index (χ3n) is 3.14. The van der Waals surface area contributed by atoms with Crippen molar-refractivity contribution in [2.75, 3.05) is 25.7 Å². The number of ether oxygens (including phenoxy) is 2. The van der Waals surface area contributed by atoms with Gasteiger partial charge in [0.15, 0.2) is 0 Å². The van der Waals surface area contributed by atoms with Gasteiger partial charge in [-0.05, 0) is 12.1 Å². The molecule has 10 heteroatoms. The summed E-state index contributed by atoms with van der Waals surface area (Å²) in [5.74, 6) is 0.142. The van der Waals surface area contributed by atoms with Gasteiger partial charge >= 0.3 is 7.12 Å². The van der Waals surface area contributed by atoms with Crippen LogP contribution in [0.25, 0.3) is 11.3 Å². The summed E-state index contributed by atoms with van der Waals surface area (Å²) < 4.78 is 10.3. The number of anilines is 2. The van der Waals surface area contributed by atoms with Crippen molar-refractivity contribution in [1.82, 2.24) is 9.97 Å². The van der Waals surface area contributed by atoms with E-state index >= 15 is 0 Å². The molecule has 0 radical (unpaired) electrons. The van der Waals surface area contributed by atoms with Crippen molar-refractivity contribution in [2.24, 2.45) is 0 Å². The average Bonchev–Trinajstić information content (AvgIpc) is 2.52. The molecule has 23 heavy (non-hydrogen) atoms. The molecule has 0 atom stereocenters. The third-order valence-corrected chi connectivity index (χ3v) is 3.14. The van der Waals surface area contributed by atoms with E-state index in [9.17, 15) is 15.3 Å². The lowest BCUT2D eigenvalue weighted by atomic mass is 9.78. The minimum atomic E-state index is -1.80. The van der Waals surface area contributed by atoms with Crippen LogP contribution in [0.5, 0.6) is 11.5 Å². The number of benzene rings is 1. The summed E-state index contributed by atoms with van der Waals surface area (Å²) >= 11 is 0. The molecular weight excluding hydrogens is 301 g/mol. The van der Waals surface area contributed by atoms with Crippen LogP contribution in [0.3, 0.4) is 0 Å². The molecule has 118 valence electrons. The second kappa shape index (κ2) is 6.39. The van der Waals surface area contributed by atoms with Gasteiger partial charge in [-0.2, -0.15) is 10.2 Å². The number of nitrogens with two attached hydrogens (primary N) is 2. The van der Waals surface area contributed by atoms with Crippen molar-refractivity contribution in [1.29, 1.82) is 5.26 Å². The smallest absolute Gasteiger partial charge is 0.496 e. The molecule has 0 unspecified atom stereocenters. The Balaban J connectivity index is 2.78. The topological polar surface area (TPSA) is 161 Å². The van der Waals surface area contributed by atoms with Gasteiger partial charge in [0.1, 0.15) is 28.9 Å². The highest BCUT2D eigenvalue weighted by molar-refractivity contribution is 6.61. The molecule has 2 rings (SSSR count). The second-order valence-corrected chi connectivity index (χ2v) is 4.47. The molecular formula is C13H14BN5O4. The first-order valence-electron chi connectivity index (χ1n) is 6.38. The van der Waals surface area contributed by atoms with Crippen LogP contribution >= 0.6 is 0 Å². The monoisotopic (exact) mass is 315 g/mol. The summed E-state index contributed by atoms with van der Waals surface area (Å²) in [4.78, 5) is 7.77. The van der Waals surface area contributed by atoms with Gasteiger partial charge < -0.3 is 31.0 Å². The highest BCUT2D eigenvalue weighted by atomic mass is 16.5. The average molecular weight is 315 g/mol. The summed E-state index contributed by atoms with van der Waals surface area (Å²) in [6.07, 6.45) is 0. The molecule has 1 aromatic heterocycles. The lowest BCUT2D eigenvalue weighted by Gasteiger charge is -2.15. The number of rotatable bonds is 4. The first-order chi connectivity index (χ1) is 10.9. The summed E-state index contributed by atoms with van der Waals surface area (Å²) in [6.45, 7) is 0. The third kappa shape index (κ3) is 2.96. The van der Waals surface area contributed by atoms with Gasteiger partial charge in [0, 0.05) is 5.56 Å². The Bertz CT molecular complexity index is 766. The Kier molecular flexibility index (Phi) is 4.54. The molecule has 0 spiro atoms. The summed E-state index contributed by atoms with van der Waals surface area (Å²) in [5, 5.41) is 28.2. The van der Waals surface area contributed by atoms with Gasteiger partial charge in [-0.1, -0.05) is 0 Å². The molecule has 1 heterocycles. The molecule has 0 aliphatic carbocycles. The number of aromatic nitrogens is 2. The van der Waals surface area contributed by atoms with Gasteiger partial charge in [-0.3, -0.25) is 0 Å². The Morgan fingerprint density at radius 2 is 1.70 bits per heavy atom. The van der Waals surface area contributed by atoms with E-state index in [2.05, 4.69) is 9.97 Å². The molecule has 0 fully saturated rings. The molecule has 0 amide bonds. The SMILES string of the molecule is COc1cc(-c2nc(N)nc(N)c2C#N)cc(OC)c1B(O)O. The number of hydrogen-bond donors (Lipinski definition) is 4. The van der Waals surface area contributed by atoms with Crippen LogP contribution in [0.4, 0.5) is 11.8 Å². The van der Waals surface area contributed by atoms with Crippen molar-refractivity contribution in [3.8, 4) is 28.8 Å². The van der Waals surface area contributed by atoms with E-state index in [0.717, 1.165) is 0 Å². The van der Waals surface area contributed by atoms with E-state index in [4.69, 9.17) is 20.9 Å². The maximum Gasteiger partial charge on any atom is 0.496 e. The van der Waals surface area contributed by atoms with E-state index in [-0.39, 0.29) is 40.0 Å². The molecule has 0 aliphatic rings. The Morgan fingerprint density at radius 3 is 2.13 bits per heavy atom. The van der Waals surface area contributed by atoms with Crippen LogP contribution in [0.1, 0.15) is 5.56 Å². The van der Waals surface area contributed by atoms with Crippen molar-refractivity contribution >= 4 is 24.3 Å². The zero-order valence-corrected chi connectivity index (χ0v) is 12.4. The lowest BCUT2D eigenvalue weighted by Crippen LogP contribution is -2.32. The number of nitrogens with zero attached hydrogens (tertiary/aromatic N) is 3. The van der Waals surface area contributed by atoms with E-state index in [1.807, 2.05) is 6.07 Å². The van der Waals surface area contributed by atoms with Gasteiger partial charge in [-0.25, -0.2) is 4.98 Å². The Morgan fingerprint density at radius 1 is 1.13 bits per heavy atom. The Labute approximate surface area is 132 Å². The minimum absolute atomic E-state index is 0.0422.